The van der Waals surface area contributed by atoms with Crippen LogP contribution >= 0.6 is 0 Å². The van der Waals surface area contributed by atoms with E-state index in [0.29, 0.717) is 0 Å². The van der Waals surface area contributed by atoms with Crippen molar-refractivity contribution in [3.63, 3.8) is 0 Å². The molecule has 1 aliphatic carbocycles. The fourth-order valence-electron chi connectivity index (χ4n) is 3.42. The van der Waals surface area contributed by atoms with Gasteiger partial charge < -0.3 is 9.97 Å². The highest BCUT2D eigenvalue weighted by Gasteiger charge is 2.29. The van der Waals surface area contributed by atoms with Gasteiger partial charge in [-0.3, -0.25) is 4.79 Å². The van der Waals surface area contributed by atoms with Crippen molar-refractivity contribution in [3.05, 3.63) is 53.2 Å². The van der Waals surface area contributed by atoms with E-state index in [1.165, 1.54) is 0 Å². The lowest BCUT2D eigenvalue weighted by molar-refractivity contribution is 0.0909. The summed E-state index contributed by atoms with van der Waals surface area (Å²) in [6.45, 7) is 1.98. The number of hydrogen-bond acceptors (Lipinski definition) is 2. The lowest BCUT2D eigenvalue weighted by atomic mass is 9.83. The quantitative estimate of drug-likeness (QED) is 0.708. The Bertz CT molecular complexity index is 828. The maximum atomic E-state index is 13.0. The number of ketones is 1. The molecule has 0 spiro atoms. The van der Waals surface area contributed by atoms with Crippen LogP contribution in [0.15, 0.2) is 30.6 Å². The molecule has 3 aromatic rings. The van der Waals surface area contributed by atoms with Crippen molar-refractivity contribution in [1.82, 2.24) is 15.0 Å². The highest BCUT2D eigenvalue weighted by molar-refractivity contribution is 6.10. The molecule has 0 saturated carbocycles. The van der Waals surface area contributed by atoms with E-state index in [9.17, 15) is 4.79 Å². The first-order chi connectivity index (χ1) is 10.2. The first kappa shape index (κ1) is 12.4. The summed E-state index contributed by atoms with van der Waals surface area (Å²) in [6, 6.07) is 8.02. The van der Waals surface area contributed by atoms with E-state index in [-0.39, 0.29) is 11.7 Å². The Kier molecular flexibility index (Phi) is 2.70. The summed E-state index contributed by atoms with van der Waals surface area (Å²) < 4.78 is 0. The minimum Gasteiger partial charge on any atom is -0.358 e. The second-order valence-electron chi connectivity index (χ2n) is 5.80. The van der Waals surface area contributed by atoms with E-state index in [2.05, 4.69) is 15.0 Å². The van der Waals surface area contributed by atoms with E-state index >= 15 is 0 Å². The van der Waals surface area contributed by atoms with Gasteiger partial charge in [0, 0.05) is 33.8 Å². The Balaban J connectivity index is 1.73. The largest absolute Gasteiger partial charge is 0.358 e. The average molecular weight is 279 g/mol. The van der Waals surface area contributed by atoms with Gasteiger partial charge in [0.1, 0.15) is 0 Å². The number of nitrogens with zero attached hydrogens (tertiary/aromatic N) is 1. The number of Topliss-reactive ketones (excluding diaryl/α,β-unsaturated/α-hetero) is 1. The third-order valence-electron chi connectivity index (χ3n) is 4.50. The van der Waals surface area contributed by atoms with Crippen LogP contribution in [0.25, 0.3) is 10.9 Å². The molecule has 0 aliphatic heterocycles. The van der Waals surface area contributed by atoms with Crippen LogP contribution in [0.2, 0.25) is 0 Å². The van der Waals surface area contributed by atoms with Crippen LogP contribution in [0.3, 0.4) is 0 Å². The second-order valence-corrected chi connectivity index (χ2v) is 5.80. The molecule has 21 heavy (non-hydrogen) atoms. The SMILES string of the molecule is Cc1[nH]c2ccccc2c1C(=O)[C@@H]1CCc2nc[nH]c2C1. The highest BCUT2D eigenvalue weighted by Crippen LogP contribution is 2.30. The summed E-state index contributed by atoms with van der Waals surface area (Å²) in [7, 11) is 0. The molecule has 4 nitrogen and oxygen atoms in total. The standard InChI is InChI=1S/C17H17N3O/c1-10-16(12-4-2-3-5-13(12)20-10)17(21)11-6-7-14-15(8-11)19-9-18-14/h2-5,9,11,20H,6-8H2,1H3,(H,18,19)/t11-/m1/s1. The Morgan fingerprint density at radius 2 is 2.19 bits per heavy atom. The number of H-pyrrole nitrogens is 2. The predicted molar refractivity (Wildman–Crippen MR) is 81.5 cm³/mol. The van der Waals surface area contributed by atoms with Crippen LogP contribution < -0.4 is 0 Å². The number of hydrogen-bond donors (Lipinski definition) is 2. The van der Waals surface area contributed by atoms with Gasteiger partial charge in [0.05, 0.1) is 12.0 Å². The van der Waals surface area contributed by atoms with Crippen LogP contribution in [0, 0.1) is 12.8 Å². The van der Waals surface area contributed by atoms with Crippen LogP contribution in [0.5, 0.6) is 0 Å². The van der Waals surface area contributed by atoms with Crippen molar-refractivity contribution in [2.75, 3.05) is 0 Å². The maximum absolute atomic E-state index is 13.0. The topological polar surface area (TPSA) is 61.5 Å². The van der Waals surface area contributed by atoms with Gasteiger partial charge in [-0.25, -0.2) is 4.98 Å². The fourth-order valence-corrected chi connectivity index (χ4v) is 3.42. The molecule has 2 aromatic heterocycles. The normalized spacial score (nSPS) is 17.9. The molecule has 4 heteroatoms. The fraction of sp³-hybridized carbons (Fsp3) is 0.294. The molecule has 0 unspecified atom stereocenters. The number of fused-ring (bicyclic) bond motifs is 2. The molecule has 2 heterocycles. The minimum atomic E-state index is 0.0517. The Morgan fingerprint density at radius 1 is 1.33 bits per heavy atom. The molecular weight excluding hydrogens is 262 g/mol. The van der Waals surface area contributed by atoms with Gasteiger partial charge in [-0.15, -0.1) is 0 Å². The van der Waals surface area contributed by atoms with Crippen molar-refractivity contribution >= 4 is 16.7 Å². The highest BCUT2D eigenvalue weighted by atomic mass is 16.1. The van der Waals surface area contributed by atoms with Gasteiger partial charge in [0.2, 0.25) is 0 Å². The maximum Gasteiger partial charge on any atom is 0.168 e. The third-order valence-corrected chi connectivity index (χ3v) is 4.50. The van der Waals surface area contributed by atoms with E-state index in [1.54, 1.807) is 6.33 Å². The van der Waals surface area contributed by atoms with Crippen LogP contribution in [-0.2, 0) is 12.8 Å². The molecule has 0 radical (unpaired) electrons. The van der Waals surface area contributed by atoms with Crippen molar-refractivity contribution < 1.29 is 4.79 Å². The summed E-state index contributed by atoms with van der Waals surface area (Å²) >= 11 is 0. The number of aromatic nitrogens is 3. The summed E-state index contributed by atoms with van der Waals surface area (Å²) in [5.74, 6) is 0.307. The zero-order valence-electron chi connectivity index (χ0n) is 11.9. The molecule has 106 valence electrons. The van der Waals surface area contributed by atoms with Crippen molar-refractivity contribution in [1.29, 1.82) is 0 Å². The molecule has 0 amide bonds. The number of para-hydroxylation sites is 1. The van der Waals surface area contributed by atoms with E-state index in [4.69, 9.17) is 0 Å². The Morgan fingerprint density at radius 3 is 3.10 bits per heavy atom. The van der Waals surface area contributed by atoms with E-state index in [0.717, 1.165) is 52.8 Å². The van der Waals surface area contributed by atoms with Crippen LogP contribution in [0.1, 0.15) is 33.9 Å². The first-order valence-electron chi connectivity index (χ1n) is 7.36. The number of benzene rings is 1. The zero-order chi connectivity index (χ0) is 14.4. The van der Waals surface area contributed by atoms with E-state index in [1.807, 2.05) is 31.2 Å². The molecule has 0 saturated heterocycles. The van der Waals surface area contributed by atoms with Gasteiger partial charge in [0.15, 0.2) is 5.78 Å². The number of aromatic amines is 2. The Hall–Kier alpha value is -2.36. The number of rotatable bonds is 2. The van der Waals surface area contributed by atoms with E-state index < -0.39 is 0 Å². The molecule has 1 atom stereocenters. The average Bonchev–Trinajstić information content (AvgIpc) is 3.08. The third kappa shape index (κ3) is 1.90. The van der Waals surface area contributed by atoms with Crippen LogP contribution in [-0.4, -0.2) is 20.7 Å². The zero-order valence-corrected chi connectivity index (χ0v) is 11.9. The molecule has 2 N–H and O–H groups in total. The summed E-state index contributed by atoms with van der Waals surface area (Å²) in [5.41, 5.74) is 5.11. The second kappa shape index (κ2) is 4.58. The van der Waals surface area contributed by atoms with Gasteiger partial charge in [-0.05, 0) is 32.3 Å². The van der Waals surface area contributed by atoms with Crippen molar-refractivity contribution in [2.24, 2.45) is 5.92 Å². The molecule has 0 fully saturated rings. The molecule has 0 bridgehead atoms. The monoisotopic (exact) mass is 279 g/mol. The lowest BCUT2D eigenvalue weighted by Gasteiger charge is -2.20. The molecule has 1 aromatic carbocycles. The summed E-state index contributed by atoms with van der Waals surface area (Å²) in [5, 5.41) is 1.04. The van der Waals surface area contributed by atoms with Gasteiger partial charge in [0.25, 0.3) is 0 Å². The number of nitrogens with one attached hydrogen (secondary N) is 2. The van der Waals surface area contributed by atoms with Crippen LogP contribution in [0.4, 0.5) is 0 Å². The smallest absolute Gasteiger partial charge is 0.168 e. The minimum absolute atomic E-state index is 0.0517. The number of carbonyl (C=O) groups excluding carboxylic acids is 1. The lowest BCUT2D eigenvalue weighted by Crippen LogP contribution is -2.23. The summed E-state index contributed by atoms with van der Waals surface area (Å²) in [4.78, 5) is 23.8. The number of carbonyl (C=O) groups is 1. The van der Waals surface area contributed by atoms with Crippen molar-refractivity contribution in [3.8, 4) is 0 Å². The molecule has 4 rings (SSSR count). The molecular formula is C17H17N3O. The first-order valence-corrected chi connectivity index (χ1v) is 7.36. The summed E-state index contributed by atoms with van der Waals surface area (Å²) in [6.07, 6.45) is 4.27. The number of imidazole rings is 1. The number of aryl methyl sites for hydroxylation is 2. The predicted octanol–water partition coefficient (Wildman–Crippen LogP) is 3.19. The van der Waals surface area contributed by atoms with Crippen molar-refractivity contribution in [2.45, 2.75) is 26.2 Å². The molecule has 1 aliphatic rings. The van der Waals surface area contributed by atoms with Gasteiger partial charge >= 0.3 is 0 Å². The Labute approximate surface area is 122 Å². The van der Waals surface area contributed by atoms with Gasteiger partial charge in [-0.1, -0.05) is 18.2 Å². The van der Waals surface area contributed by atoms with Gasteiger partial charge in [-0.2, -0.15) is 0 Å².